The predicted molar refractivity (Wildman–Crippen MR) is 85.4 cm³/mol. The Bertz CT molecular complexity index is 712. The maximum Gasteiger partial charge on any atom is 0.276 e. The van der Waals surface area contributed by atoms with Crippen LogP contribution in [0.5, 0.6) is 0 Å². The van der Waals surface area contributed by atoms with Crippen molar-refractivity contribution in [2.24, 2.45) is 0 Å². The maximum absolute atomic E-state index is 11.7. The Kier molecular flexibility index (Phi) is 5.27. The number of para-hydroxylation sites is 1. The number of nitro groups is 1. The van der Waals surface area contributed by atoms with Gasteiger partial charge in [0.25, 0.3) is 5.69 Å². The van der Waals surface area contributed by atoms with Gasteiger partial charge in [-0.3, -0.25) is 14.9 Å². The number of hydrogen-bond acceptors (Lipinski definition) is 3. The fraction of sp³-hybridized carbons (Fsp3) is 0.0625. The van der Waals surface area contributed by atoms with Gasteiger partial charge in [-0.1, -0.05) is 35.9 Å². The zero-order valence-electron chi connectivity index (χ0n) is 11.5. The zero-order valence-corrected chi connectivity index (χ0v) is 12.3. The van der Waals surface area contributed by atoms with Gasteiger partial charge in [-0.15, -0.1) is 0 Å². The van der Waals surface area contributed by atoms with Gasteiger partial charge >= 0.3 is 0 Å². The van der Waals surface area contributed by atoms with E-state index in [1.54, 1.807) is 30.3 Å². The van der Waals surface area contributed by atoms with Crippen molar-refractivity contribution in [3.05, 3.63) is 80.9 Å². The second-order valence-electron chi connectivity index (χ2n) is 4.49. The lowest BCUT2D eigenvalue weighted by Gasteiger charge is -2.02. The molecule has 6 heteroatoms. The number of nitrogens with one attached hydrogen (secondary N) is 1. The van der Waals surface area contributed by atoms with E-state index in [4.69, 9.17) is 11.6 Å². The van der Waals surface area contributed by atoms with E-state index in [2.05, 4.69) is 5.32 Å². The average molecular weight is 317 g/mol. The minimum absolute atomic E-state index is 0.0377. The lowest BCUT2D eigenvalue weighted by atomic mass is 10.1. The van der Waals surface area contributed by atoms with Gasteiger partial charge in [0.2, 0.25) is 5.91 Å². The van der Waals surface area contributed by atoms with Gasteiger partial charge in [0, 0.05) is 23.7 Å². The summed E-state index contributed by atoms with van der Waals surface area (Å²) in [4.78, 5) is 22.1. The summed E-state index contributed by atoms with van der Waals surface area (Å²) in [6.45, 7) is 0.358. The third-order valence-corrected chi connectivity index (χ3v) is 3.18. The molecule has 1 N–H and O–H groups in total. The molecule has 0 spiro atoms. The van der Waals surface area contributed by atoms with Gasteiger partial charge < -0.3 is 5.32 Å². The molecule has 0 radical (unpaired) electrons. The molecule has 1 amide bonds. The SMILES string of the molecule is O=C(C=Cc1ccccc1[N+](=O)[O-])NCc1ccc(Cl)cc1. The van der Waals surface area contributed by atoms with E-state index < -0.39 is 4.92 Å². The molecule has 112 valence electrons. The summed E-state index contributed by atoms with van der Waals surface area (Å²) in [5.74, 6) is -0.326. The average Bonchev–Trinajstić information content (AvgIpc) is 2.52. The van der Waals surface area contributed by atoms with Crippen molar-refractivity contribution in [1.82, 2.24) is 5.32 Å². The number of carbonyl (C=O) groups excluding carboxylic acids is 1. The molecule has 0 fully saturated rings. The molecule has 2 aromatic rings. The van der Waals surface area contributed by atoms with Gasteiger partial charge in [-0.2, -0.15) is 0 Å². The number of nitrogens with zero attached hydrogens (tertiary/aromatic N) is 1. The number of rotatable bonds is 5. The minimum Gasteiger partial charge on any atom is -0.348 e. The molecule has 0 heterocycles. The molecule has 0 aliphatic carbocycles. The molecule has 2 rings (SSSR count). The van der Waals surface area contributed by atoms with Crippen LogP contribution in [0.1, 0.15) is 11.1 Å². The van der Waals surface area contributed by atoms with E-state index >= 15 is 0 Å². The summed E-state index contributed by atoms with van der Waals surface area (Å²) in [6.07, 6.45) is 2.70. The normalized spacial score (nSPS) is 10.6. The number of hydrogen-bond donors (Lipinski definition) is 1. The van der Waals surface area contributed by atoms with Gasteiger partial charge in [0.15, 0.2) is 0 Å². The molecule has 0 saturated heterocycles. The van der Waals surface area contributed by atoms with E-state index in [-0.39, 0.29) is 11.6 Å². The molecule has 0 unspecified atom stereocenters. The largest absolute Gasteiger partial charge is 0.348 e. The summed E-state index contributed by atoms with van der Waals surface area (Å²) in [7, 11) is 0. The Balaban J connectivity index is 1.97. The Labute approximate surface area is 132 Å². The van der Waals surface area contributed by atoms with Crippen molar-refractivity contribution in [3.63, 3.8) is 0 Å². The van der Waals surface area contributed by atoms with Crippen LogP contribution in [0, 0.1) is 10.1 Å². The highest BCUT2D eigenvalue weighted by atomic mass is 35.5. The third-order valence-electron chi connectivity index (χ3n) is 2.93. The van der Waals surface area contributed by atoms with E-state index in [0.29, 0.717) is 17.1 Å². The van der Waals surface area contributed by atoms with E-state index in [1.165, 1.54) is 18.2 Å². The van der Waals surface area contributed by atoms with Gasteiger partial charge in [-0.25, -0.2) is 0 Å². The van der Waals surface area contributed by atoms with Crippen molar-refractivity contribution in [2.75, 3.05) is 0 Å². The smallest absolute Gasteiger partial charge is 0.276 e. The van der Waals surface area contributed by atoms with E-state index in [9.17, 15) is 14.9 Å². The molecule has 0 aromatic heterocycles. The van der Waals surface area contributed by atoms with Crippen LogP contribution in [-0.4, -0.2) is 10.8 Å². The van der Waals surface area contributed by atoms with Crippen LogP contribution in [0.2, 0.25) is 5.02 Å². The number of amides is 1. The van der Waals surface area contributed by atoms with Crippen molar-refractivity contribution >= 4 is 29.3 Å². The van der Waals surface area contributed by atoms with Crippen LogP contribution in [0.3, 0.4) is 0 Å². The summed E-state index contributed by atoms with van der Waals surface area (Å²) in [5, 5.41) is 14.2. The fourth-order valence-corrected chi connectivity index (χ4v) is 1.94. The topological polar surface area (TPSA) is 72.2 Å². The highest BCUT2D eigenvalue weighted by Crippen LogP contribution is 2.18. The predicted octanol–water partition coefficient (Wildman–Crippen LogP) is 3.58. The molecule has 5 nitrogen and oxygen atoms in total. The van der Waals surface area contributed by atoms with Gasteiger partial charge in [0.05, 0.1) is 10.5 Å². The fourth-order valence-electron chi connectivity index (χ4n) is 1.81. The van der Waals surface area contributed by atoms with Crippen LogP contribution in [0.4, 0.5) is 5.69 Å². The lowest BCUT2D eigenvalue weighted by molar-refractivity contribution is -0.385. The quantitative estimate of drug-likeness (QED) is 0.520. The van der Waals surface area contributed by atoms with Crippen LogP contribution in [-0.2, 0) is 11.3 Å². The van der Waals surface area contributed by atoms with Crippen molar-refractivity contribution < 1.29 is 9.72 Å². The van der Waals surface area contributed by atoms with Crippen molar-refractivity contribution in [2.45, 2.75) is 6.54 Å². The van der Waals surface area contributed by atoms with E-state index in [1.807, 2.05) is 12.1 Å². The molecule has 0 aliphatic rings. The zero-order chi connectivity index (χ0) is 15.9. The molecule has 0 aliphatic heterocycles. The second-order valence-corrected chi connectivity index (χ2v) is 4.93. The van der Waals surface area contributed by atoms with Crippen molar-refractivity contribution in [3.8, 4) is 0 Å². The molecular formula is C16H13ClN2O3. The van der Waals surface area contributed by atoms with Crippen LogP contribution in [0.25, 0.3) is 6.08 Å². The van der Waals surface area contributed by atoms with Gasteiger partial charge in [-0.05, 0) is 29.8 Å². The van der Waals surface area contributed by atoms with E-state index in [0.717, 1.165) is 5.56 Å². The highest BCUT2D eigenvalue weighted by molar-refractivity contribution is 6.30. The number of benzene rings is 2. The molecule has 0 saturated carbocycles. The number of carbonyl (C=O) groups is 1. The Morgan fingerprint density at radius 3 is 2.55 bits per heavy atom. The summed E-state index contributed by atoms with van der Waals surface area (Å²) >= 11 is 5.78. The van der Waals surface area contributed by atoms with Crippen LogP contribution in [0.15, 0.2) is 54.6 Å². The molecule has 0 bridgehead atoms. The maximum atomic E-state index is 11.7. The Hall–Kier alpha value is -2.66. The third kappa shape index (κ3) is 4.43. The summed E-state index contributed by atoms with van der Waals surface area (Å²) in [5.41, 5.74) is 1.26. The Morgan fingerprint density at radius 1 is 1.18 bits per heavy atom. The number of nitro benzene ring substituents is 1. The Morgan fingerprint density at radius 2 is 1.86 bits per heavy atom. The first-order valence-corrected chi connectivity index (χ1v) is 6.88. The first-order chi connectivity index (χ1) is 10.6. The summed E-state index contributed by atoms with van der Waals surface area (Å²) < 4.78 is 0. The van der Waals surface area contributed by atoms with Gasteiger partial charge in [0.1, 0.15) is 0 Å². The minimum atomic E-state index is -0.481. The molecule has 2 aromatic carbocycles. The monoisotopic (exact) mass is 316 g/mol. The van der Waals surface area contributed by atoms with Crippen LogP contribution >= 0.6 is 11.6 Å². The lowest BCUT2D eigenvalue weighted by Crippen LogP contribution is -2.20. The number of halogens is 1. The molecule has 22 heavy (non-hydrogen) atoms. The standard InChI is InChI=1S/C16H13ClN2O3/c17-14-8-5-12(6-9-14)11-18-16(20)10-7-13-3-1-2-4-15(13)19(21)22/h1-10H,11H2,(H,18,20). The van der Waals surface area contributed by atoms with Crippen molar-refractivity contribution in [1.29, 1.82) is 0 Å². The molecule has 0 atom stereocenters. The molecular weight excluding hydrogens is 304 g/mol. The second kappa shape index (κ2) is 7.38. The first-order valence-electron chi connectivity index (χ1n) is 6.50. The first kappa shape index (κ1) is 15.7. The summed E-state index contributed by atoms with van der Waals surface area (Å²) in [6, 6.07) is 13.3. The van der Waals surface area contributed by atoms with Crippen LogP contribution < -0.4 is 5.32 Å². The highest BCUT2D eigenvalue weighted by Gasteiger charge is 2.09.